The van der Waals surface area contributed by atoms with E-state index in [9.17, 15) is 4.79 Å². The number of aromatic nitrogens is 3. The molecule has 0 amide bonds. The van der Waals surface area contributed by atoms with E-state index in [2.05, 4.69) is 10.1 Å². The van der Waals surface area contributed by atoms with E-state index in [4.69, 9.17) is 5.11 Å². The molecule has 2 heterocycles. The van der Waals surface area contributed by atoms with Crippen molar-refractivity contribution in [2.75, 3.05) is 0 Å². The highest BCUT2D eigenvalue weighted by atomic mass is 32.1. The number of rotatable bonds is 3. The number of hydrogen-bond donors (Lipinski definition) is 1. The van der Waals surface area contributed by atoms with Crippen LogP contribution < -0.4 is 0 Å². The van der Waals surface area contributed by atoms with Crippen LogP contribution in [0.3, 0.4) is 0 Å². The summed E-state index contributed by atoms with van der Waals surface area (Å²) in [6.07, 6.45) is 1.80. The molecule has 0 aliphatic rings. The Hall–Kier alpha value is -1.69. The van der Waals surface area contributed by atoms with Crippen molar-refractivity contribution in [1.29, 1.82) is 0 Å². The topological polar surface area (TPSA) is 68.0 Å². The maximum Gasteiger partial charge on any atom is 0.339 e. The lowest BCUT2D eigenvalue weighted by molar-refractivity contribution is 0.0695. The van der Waals surface area contributed by atoms with Gasteiger partial charge in [-0.1, -0.05) is 0 Å². The third kappa shape index (κ3) is 2.21. The van der Waals surface area contributed by atoms with Crippen molar-refractivity contribution in [3.63, 3.8) is 0 Å². The molecular formula is C11H13N3O2S. The van der Waals surface area contributed by atoms with Gasteiger partial charge in [-0.05, 0) is 20.8 Å². The number of thiazole rings is 1. The van der Waals surface area contributed by atoms with E-state index in [1.165, 1.54) is 0 Å². The highest BCUT2D eigenvalue weighted by Gasteiger charge is 2.17. The highest BCUT2D eigenvalue weighted by molar-refractivity contribution is 7.11. The van der Waals surface area contributed by atoms with Crippen molar-refractivity contribution >= 4 is 17.3 Å². The van der Waals surface area contributed by atoms with Gasteiger partial charge in [0.05, 0.1) is 22.9 Å². The molecule has 0 unspecified atom stereocenters. The first-order chi connectivity index (χ1) is 7.99. The number of aryl methyl sites for hydroxylation is 2. The zero-order valence-corrected chi connectivity index (χ0v) is 10.7. The van der Waals surface area contributed by atoms with Crippen LogP contribution in [0.1, 0.15) is 31.6 Å². The summed E-state index contributed by atoms with van der Waals surface area (Å²) >= 11 is 1.60. The monoisotopic (exact) mass is 251 g/mol. The van der Waals surface area contributed by atoms with E-state index in [0.29, 0.717) is 23.5 Å². The lowest BCUT2D eigenvalue weighted by atomic mass is 10.2. The second-order valence-electron chi connectivity index (χ2n) is 3.85. The molecule has 0 radical (unpaired) electrons. The lowest BCUT2D eigenvalue weighted by Gasteiger charge is -2.01. The molecule has 6 heteroatoms. The molecular weight excluding hydrogens is 238 g/mol. The van der Waals surface area contributed by atoms with Crippen molar-refractivity contribution in [3.05, 3.63) is 33.0 Å². The fourth-order valence-corrected chi connectivity index (χ4v) is 2.56. The minimum atomic E-state index is -0.924. The number of hydrogen-bond acceptors (Lipinski definition) is 4. The molecule has 0 saturated carbocycles. The molecule has 0 spiro atoms. The van der Waals surface area contributed by atoms with Gasteiger partial charge in [-0.3, -0.25) is 4.68 Å². The van der Waals surface area contributed by atoms with Crippen molar-refractivity contribution in [2.24, 2.45) is 0 Å². The molecule has 2 rings (SSSR count). The fourth-order valence-electron chi connectivity index (χ4n) is 1.79. The molecule has 90 valence electrons. The Morgan fingerprint density at radius 1 is 1.47 bits per heavy atom. The third-order valence-electron chi connectivity index (χ3n) is 2.57. The average molecular weight is 251 g/mol. The van der Waals surface area contributed by atoms with E-state index in [1.807, 2.05) is 6.92 Å². The van der Waals surface area contributed by atoms with E-state index >= 15 is 0 Å². The number of nitrogens with zero attached hydrogens (tertiary/aromatic N) is 3. The number of carboxylic acids is 1. The number of carboxylic acid groups (broad SMARTS) is 1. The first-order valence-electron chi connectivity index (χ1n) is 5.17. The Labute approximate surface area is 103 Å². The quantitative estimate of drug-likeness (QED) is 0.906. The van der Waals surface area contributed by atoms with Gasteiger partial charge in [0.2, 0.25) is 0 Å². The van der Waals surface area contributed by atoms with Gasteiger partial charge in [0.15, 0.2) is 0 Å². The summed E-state index contributed by atoms with van der Waals surface area (Å²) in [5, 5.41) is 14.3. The van der Waals surface area contributed by atoms with Gasteiger partial charge >= 0.3 is 5.97 Å². The van der Waals surface area contributed by atoms with E-state index in [-0.39, 0.29) is 0 Å². The van der Waals surface area contributed by atoms with Crippen LogP contribution in [0.2, 0.25) is 0 Å². The molecule has 1 N–H and O–H groups in total. The van der Waals surface area contributed by atoms with Crippen LogP contribution in [0.15, 0.2) is 6.20 Å². The molecule has 0 saturated heterocycles. The standard InChI is InChI=1S/C11H13N3O2S/c1-6-10(11(15)16)7(2)14(13-6)5-9-4-12-8(3)17-9/h4H,5H2,1-3H3,(H,15,16). The molecule has 0 aliphatic heterocycles. The summed E-state index contributed by atoms with van der Waals surface area (Å²) in [4.78, 5) is 16.3. The SMILES string of the molecule is Cc1ncc(Cn2nc(C)c(C(=O)O)c2C)s1. The maximum atomic E-state index is 11.0. The Kier molecular flexibility index (Phi) is 2.97. The zero-order valence-electron chi connectivity index (χ0n) is 9.89. The van der Waals surface area contributed by atoms with Gasteiger partial charge in [0, 0.05) is 11.1 Å². The van der Waals surface area contributed by atoms with Gasteiger partial charge in [0.1, 0.15) is 5.56 Å². The minimum absolute atomic E-state index is 0.297. The van der Waals surface area contributed by atoms with Crippen LogP contribution in [0, 0.1) is 20.8 Å². The Morgan fingerprint density at radius 3 is 2.65 bits per heavy atom. The summed E-state index contributed by atoms with van der Waals surface area (Å²) < 4.78 is 1.71. The van der Waals surface area contributed by atoms with Gasteiger partial charge in [0.25, 0.3) is 0 Å². The highest BCUT2D eigenvalue weighted by Crippen LogP contribution is 2.17. The molecule has 5 nitrogen and oxygen atoms in total. The predicted molar refractivity (Wildman–Crippen MR) is 64.6 cm³/mol. The largest absolute Gasteiger partial charge is 0.478 e. The first kappa shape index (κ1) is 11.8. The molecule has 2 aromatic rings. The van der Waals surface area contributed by atoms with Gasteiger partial charge in [-0.2, -0.15) is 5.10 Å². The van der Waals surface area contributed by atoms with Crippen LogP contribution in [0.4, 0.5) is 0 Å². The smallest absolute Gasteiger partial charge is 0.339 e. The number of carbonyl (C=O) groups is 1. The van der Waals surface area contributed by atoms with Crippen molar-refractivity contribution in [1.82, 2.24) is 14.8 Å². The molecule has 2 aromatic heterocycles. The molecule has 0 fully saturated rings. The molecule has 0 aromatic carbocycles. The van der Waals surface area contributed by atoms with Crippen molar-refractivity contribution < 1.29 is 9.90 Å². The zero-order chi connectivity index (χ0) is 12.6. The second-order valence-corrected chi connectivity index (χ2v) is 5.17. The van der Waals surface area contributed by atoms with Crippen LogP contribution in [-0.4, -0.2) is 25.8 Å². The molecule has 0 atom stereocenters. The number of aromatic carboxylic acids is 1. The maximum absolute atomic E-state index is 11.0. The average Bonchev–Trinajstić information content (AvgIpc) is 2.73. The second kappa shape index (κ2) is 4.29. The molecule has 17 heavy (non-hydrogen) atoms. The predicted octanol–water partition coefficient (Wildman–Crippen LogP) is 2.01. The summed E-state index contributed by atoms with van der Waals surface area (Å²) in [6.45, 7) is 6.01. The van der Waals surface area contributed by atoms with E-state index in [0.717, 1.165) is 9.88 Å². The van der Waals surface area contributed by atoms with Crippen LogP contribution in [0.25, 0.3) is 0 Å². The van der Waals surface area contributed by atoms with E-state index < -0.39 is 5.97 Å². The Bertz CT molecular complexity index is 571. The minimum Gasteiger partial charge on any atom is -0.478 e. The van der Waals surface area contributed by atoms with Crippen molar-refractivity contribution in [2.45, 2.75) is 27.3 Å². The molecule has 0 aliphatic carbocycles. The normalized spacial score (nSPS) is 10.8. The Morgan fingerprint density at radius 2 is 2.18 bits per heavy atom. The van der Waals surface area contributed by atoms with Gasteiger partial charge in [-0.25, -0.2) is 9.78 Å². The van der Waals surface area contributed by atoms with Crippen molar-refractivity contribution in [3.8, 4) is 0 Å². The summed E-state index contributed by atoms with van der Waals surface area (Å²) in [6, 6.07) is 0. The lowest BCUT2D eigenvalue weighted by Crippen LogP contribution is -2.04. The Balaban J connectivity index is 2.34. The van der Waals surface area contributed by atoms with Crippen LogP contribution >= 0.6 is 11.3 Å². The van der Waals surface area contributed by atoms with E-state index in [1.54, 1.807) is 36.1 Å². The van der Waals surface area contributed by atoms with Crippen LogP contribution in [0.5, 0.6) is 0 Å². The van der Waals surface area contributed by atoms with Gasteiger partial charge < -0.3 is 5.11 Å². The summed E-state index contributed by atoms with van der Waals surface area (Å²) in [5.74, 6) is -0.924. The first-order valence-corrected chi connectivity index (χ1v) is 5.99. The summed E-state index contributed by atoms with van der Waals surface area (Å²) in [7, 11) is 0. The molecule has 0 bridgehead atoms. The fraction of sp³-hybridized carbons (Fsp3) is 0.364. The third-order valence-corrected chi connectivity index (χ3v) is 3.47. The van der Waals surface area contributed by atoms with Crippen LogP contribution in [-0.2, 0) is 6.54 Å². The van der Waals surface area contributed by atoms with Gasteiger partial charge in [-0.15, -0.1) is 11.3 Å². The summed E-state index contributed by atoms with van der Waals surface area (Å²) in [5.41, 5.74) is 1.53.